The van der Waals surface area contributed by atoms with Gasteiger partial charge in [-0.2, -0.15) is 0 Å². The van der Waals surface area contributed by atoms with Crippen LogP contribution < -0.4 is 0 Å². The zero-order valence-corrected chi connectivity index (χ0v) is 9.05. The van der Waals surface area contributed by atoms with Gasteiger partial charge in [0.25, 0.3) is 0 Å². The maximum absolute atomic E-state index is 4.32. The van der Waals surface area contributed by atoms with Gasteiger partial charge in [-0.05, 0) is 40.9 Å². The van der Waals surface area contributed by atoms with Gasteiger partial charge in [0.1, 0.15) is 4.60 Å². The molecule has 2 heteroatoms. The first-order chi connectivity index (χ1) is 6.22. The maximum Gasteiger partial charge on any atom is 0.106 e. The van der Waals surface area contributed by atoms with Crippen LogP contribution in [0.1, 0.15) is 12.1 Å². The molecule has 1 nitrogen and oxygen atoms in total. The Kier molecular flexibility index (Phi) is 3.90. The number of pyridine rings is 1. The molecule has 0 fully saturated rings. The van der Waals surface area contributed by atoms with E-state index in [1.54, 1.807) is 6.08 Å². The van der Waals surface area contributed by atoms with E-state index in [0.717, 1.165) is 28.7 Å². The number of aryl methyl sites for hydroxylation is 1. The molecule has 0 saturated carbocycles. The molecule has 1 aromatic heterocycles. The molecule has 0 saturated heterocycles. The van der Waals surface area contributed by atoms with Crippen LogP contribution in [0.5, 0.6) is 0 Å². The van der Waals surface area contributed by atoms with Crippen molar-refractivity contribution in [3.8, 4) is 0 Å². The molecule has 0 unspecified atom stereocenters. The molecule has 0 atom stereocenters. The van der Waals surface area contributed by atoms with Crippen molar-refractivity contribution in [1.82, 2.24) is 4.98 Å². The van der Waals surface area contributed by atoms with Crippen LogP contribution in [0.25, 0.3) is 0 Å². The lowest BCUT2D eigenvalue weighted by atomic mass is 10.1. The number of halogens is 1. The van der Waals surface area contributed by atoms with Crippen molar-refractivity contribution in [3.05, 3.63) is 53.3 Å². The van der Waals surface area contributed by atoms with Crippen LogP contribution >= 0.6 is 15.9 Å². The molecule has 1 aromatic rings. The molecule has 0 radical (unpaired) electrons. The predicted octanol–water partition coefficient (Wildman–Crippen LogP) is 3.52. The Morgan fingerprint density at radius 3 is 2.92 bits per heavy atom. The van der Waals surface area contributed by atoms with Crippen LogP contribution in [0.4, 0.5) is 0 Å². The summed E-state index contributed by atoms with van der Waals surface area (Å²) in [5.74, 6) is 0. The van der Waals surface area contributed by atoms with Crippen LogP contribution in [-0.4, -0.2) is 4.98 Å². The standard InChI is InChI=1S/C11H12BrN/c1-3-9(2)7-8-10-5-4-6-11(12)13-10/h3-6H,1-2,7-8H2. The number of aromatic nitrogens is 1. The highest BCUT2D eigenvalue weighted by molar-refractivity contribution is 9.10. The first-order valence-electron chi connectivity index (χ1n) is 4.14. The van der Waals surface area contributed by atoms with Gasteiger partial charge in [0.2, 0.25) is 0 Å². The quantitative estimate of drug-likeness (QED) is 0.577. The van der Waals surface area contributed by atoms with Crippen LogP contribution in [0.15, 0.2) is 47.6 Å². The van der Waals surface area contributed by atoms with Gasteiger partial charge in [0.05, 0.1) is 0 Å². The van der Waals surface area contributed by atoms with Crippen molar-refractivity contribution < 1.29 is 0 Å². The highest BCUT2D eigenvalue weighted by atomic mass is 79.9. The zero-order chi connectivity index (χ0) is 9.68. The Morgan fingerprint density at radius 2 is 2.31 bits per heavy atom. The summed E-state index contributed by atoms with van der Waals surface area (Å²) in [5, 5.41) is 0. The Balaban J connectivity index is 2.54. The molecule has 0 spiro atoms. The molecule has 13 heavy (non-hydrogen) atoms. The Hall–Kier alpha value is -0.890. The molecular formula is C11H12BrN. The number of nitrogens with zero attached hydrogens (tertiary/aromatic N) is 1. The normalized spacial score (nSPS) is 9.62. The van der Waals surface area contributed by atoms with Gasteiger partial charge in [-0.3, -0.25) is 0 Å². The molecule has 0 amide bonds. The molecule has 0 N–H and O–H groups in total. The molecule has 0 aliphatic carbocycles. The van der Waals surface area contributed by atoms with E-state index in [9.17, 15) is 0 Å². The summed E-state index contributed by atoms with van der Waals surface area (Å²) in [5.41, 5.74) is 2.14. The fourth-order valence-corrected chi connectivity index (χ4v) is 1.36. The first kappa shape index (κ1) is 10.2. The van der Waals surface area contributed by atoms with E-state index >= 15 is 0 Å². The Morgan fingerprint density at radius 1 is 1.54 bits per heavy atom. The monoisotopic (exact) mass is 237 g/mol. The predicted molar refractivity (Wildman–Crippen MR) is 59.6 cm³/mol. The summed E-state index contributed by atoms with van der Waals surface area (Å²) >= 11 is 3.33. The van der Waals surface area contributed by atoms with E-state index in [1.807, 2.05) is 18.2 Å². The highest BCUT2D eigenvalue weighted by Crippen LogP contribution is 2.10. The smallest absolute Gasteiger partial charge is 0.106 e. The minimum atomic E-state index is 0.884. The van der Waals surface area contributed by atoms with Crippen LogP contribution in [0, 0.1) is 0 Å². The fourth-order valence-electron chi connectivity index (χ4n) is 0.980. The van der Waals surface area contributed by atoms with E-state index in [0.29, 0.717) is 0 Å². The van der Waals surface area contributed by atoms with E-state index < -0.39 is 0 Å². The Bertz CT molecular complexity index is 318. The van der Waals surface area contributed by atoms with Crippen molar-refractivity contribution in [2.24, 2.45) is 0 Å². The summed E-state index contributed by atoms with van der Waals surface area (Å²) in [6.07, 6.45) is 3.63. The molecule has 0 aliphatic rings. The number of allylic oxidation sites excluding steroid dienone is 2. The lowest BCUT2D eigenvalue weighted by molar-refractivity contribution is 0.915. The second kappa shape index (κ2) is 4.97. The van der Waals surface area contributed by atoms with Gasteiger partial charge in [-0.1, -0.05) is 30.9 Å². The van der Waals surface area contributed by atoms with Crippen LogP contribution in [-0.2, 0) is 6.42 Å². The summed E-state index contributed by atoms with van der Waals surface area (Å²) in [6.45, 7) is 7.51. The van der Waals surface area contributed by atoms with E-state index in [1.165, 1.54) is 0 Å². The molecule has 0 aromatic carbocycles. The lowest BCUT2D eigenvalue weighted by Crippen LogP contribution is -1.90. The van der Waals surface area contributed by atoms with E-state index in [4.69, 9.17) is 0 Å². The number of hydrogen-bond acceptors (Lipinski definition) is 1. The minimum Gasteiger partial charge on any atom is -0.246 e. The molecule has 1 rings (SSSR count). The summed E-state index contributed by atoms with van der Waals surface area (Å²) in [6, 6.07) is 5.93. The van der Waals surface area contributed by atoms with Crippen molar-refractivity contribution in [3.63, 3.8) is 0 Å². The molecule has 68 valence electrons. The van der Waals surface area contributed by atoms with Crippen molar-refractivity contribution in [1.29, 1.82) is 0 Å². The van der Waals surface area contributed by atoms with Gasteiger partial charge in [0.15, 0.2) is 0 Å². The third-order valence-corrected chi connectivity index (χ3v) is 2.21. The minimum absolute atomic E-state index is 0.884. The first-order valence-corrected chi connectivity index (χ1v) is 4.93. The molecular weight excluding hydrogens is 226 g/mol. The number of rotatable bonds is 4. The van der Waals surface area contributed by atoms with Gasteiger partial charge in [-0.15, -0.1) is 0 Å². The Labute approximate surface area is 87.3 Å². The van der Waals surface area contributed by atoms with Gasteiger partial charge < -0.3 is 0 Å². The zero-order valence-electron chi connectivity index (χ0n) is 7.46. The number of hydrogen-bond donors (Lipinski definition) is 0. The third-order valence-electron chi connectivity index (χ3n) is 1.76. The second-order valence-corrected chi connectivity index (χ2v) is 3.63. The van der Waals surface area contributed by atoms with Gasteiger partial charge in [-0.25, -0.2) is 4.98 Å². The van der Waals surface area contributed by atoms with Crippen molar-refractivity contribution >= 4 is 15.9 Å². The van der Waals surface area contributed by atoms with E-state index in [-0.39, 0.29) is 0 Å². The van der Waals surface area contributed by atoms with Crippen molar-refractivity contribution in [2.45, 2.75) is 12.8 Å². The van der Waals surface area contributed by atoms with E-state index in [2.05, 4.69) is 34.1 Å². The average Bonchev–Trinajstić information content (AvgIpc) is 2.14. The molecule has 0 bridgehead atoms. The SMILES string of the molecule is C=CC(=C)CCc1cccc(Br)n1. The van der Waals surface area contributed by atoms with Gasteiger partial charge in [0, 0.05) is 5.69 Å². The largest absolute Gasteiger partial charge is 0.246 e. The topological polar surface area (TPSA) is 12.9 Å². The summed E-state index contributed by atoms with van der Waals surface area (Å²) in [7, 11) is 0. The van der Waals surface area contributed by atoms with Crippen LogP contribution in [0.2, 0.25) is 0 Å². The maximum atomic E-state index is 4.32. The fraction of sp³-hybridized carbons (Fsp3) is 0.182. The summed E-state index contributed by atoms with van der Waals surface area (Å²) < 4.78 is 0.884. The van der Waals surface area contributed by atoms with Gasteiger partial charge >= 0.3 is 0 Å². The van der Waals surface area contributed by atoms with Crippen LogP contribution in [0.3, 0.4) is 0 Å². The molecule has 1 heterocycles. The van der Waals surface area contributed by atoms with Crippen molar-refractivity contribution in [2.75, 3.05) is 0 Å². The average molecular weight is 238 g/mol. The summed E-state index contributed by atoms with van der Waals surface area (Å²) in [4.78, 5) is 4.32. The molecule has 0 aliphatic heterocycles. The second-order valence-electron chi connectivity index (χ2n) is 2.81. The third kappa shape index (κ3) is 3.55. The highest BCUT2D eigenvalue weighted by Gasteiger charge is 1.96. The lowest BCUT2D eigenvalue weighted by Gasteiger charge is -2.00.